The number of benzene rings is 2. The summed E-state index contributed by atoms with van der Waals surface area (Å²) in [6.07, 6.45) is 0. The molecular weight excluding hydrogens is 288 g/mol. The van der Waals surface area contributed by atoms with Gasteiger partial charge in [0.1, 0.15) is 0 Å². The summed E-state index contributed by atoms with van der Waals surface area (Å²) in [7, 11) is 0. The summed E-state index contributed by atoms with van der Waals surface area (Å²) in [6.45, 7) is 7.14. The zero-order chi connectivity index (χ0) is 16.2. The van der Waals surface area contributed by atoms with Crippen molar-refractivity contribution in [1.29, 1.82) is 0 Å². The van der Waals surface area contributed by atoms with Crippen molar-refractivity contribution in [2.75, 3.05) is 36.5 Å². The molecule has 0 bridgehead atoms. The van der Waals surface area contributed by atoms with E-state index in [1.165, 1.54) is 0 Å². The van der Waals surface area contributed by atoms with Crippen LogP contribution in [0.4, 0.5) is 11.4 Å². The van der Waals surface area contributed by atoms with Gasteiger partial charge in [-0.15, -0.1) is 0 Å². The number of ether oxygens (including phenoxy) is 1. The van der Waals surface area contributed by atoms with Gasteiger partial charge in [0.05, 0.1) is 24.6 Å². The summed E-state index contributed by atoms with van der Waals surface area (Å²) in [5, 5.41) is 3.06. The van der Waals surface area contributed by atoms with Gasteiger partial charge in [-0.1, -0.05) is 29.3 Å². The molecule has 0 spiro atoms. The molecule has 0 aromatic heterocycles. The first-order valence-electron chi connectivity index (χ1n) is 7.95. The van der Waals surface area contributed by atoms with Gasteiger partial charge in [-0.25, -0.2) is 0 Å². The number of anilines is 2. The van der Waals surface area contributed by atoms with E-state index < -0.39 is 0 Å². The Hall–Kier alpha value is -2.33. The van der Waals surface area contributed by atoms with E-state index in [2.05, 4.69) is 16.3 Å². The molecule has 120 valence electrons. The van der Waals surface area contributed by atoms with Gasteiger partial charge in [0.2, 0.25) is 0 Å². The van der Waals surface area contributed by atoms with Crippen LogP contribution in [-0.2, 0) is 4.74 Å². The van der Waals surface area contributed by atoms with Crippen LogP contribution in [0.15, 0.2) is 42.5 Å². The normalized spacial score (nSPS) is 14.6. The van der Waals surface area contributed by atoms with Crippen molar-refractivity contribution in [2.45, 2.75) is 13.8 Å². The quantitative estimate of drug-likeness (QED) is 0.945. The van der Waals surface area contributed by atoms with E-state index >= 15 is 0 Å². The molecule has 0 unspecified atom stereocenters. The highest BCUT2D eigenvalue weighted by atomic mass is 16.5. The summed E-state index contributed by atoms with van der Waals surface area (Å²) in [6, 6.07) is 13.8. The zero-order valence-electron chi connectivity index (χ0n) is 13.6. The van der Waals surface area contributed by atoms with E-state index in [0.717, 1.165) is 48.8 Å². The molecule has 2 aromatic rings. The topological polar surface area (TPSA) is 41.6 Å². The summed E-state index contributed by atoms with van der Waals surface area (Å²) >= 11 is 0. The van der Waals surface area contributed by atoms with Crippen LogP contribution in [0.25, 0.3) is 0 Å². The second kappa shape index (κ2) is 6.84. The van der Waals surface area contributed by atoms with Crippen LogP contribution in [-0.4, -0.2) is 32.2 Å². The Labute approximate surface area is 137 Å². The van der Waals surface area contributed by atoms with Gasteiger partial charge in [-0.2, -0.15) is 0 Å². The molecule has 4 nitrogen and oxygen atoms in total. The Kier molecular flexibility index (Phi) is 4.63. The molecule has 1 saturated heterocycles. The minimum absolute atomic E-state index is 0.0718. The lowest BCUT2D eigenvalue weighted by Crippen LogP contribution is -2.36. The van der Waals surface area contributed by atoms with Gasteiger partial charge in [0.15, 0.2) is 0 Å². The fraction of sp³-hybridized carbons (Fsp3) is 0.316. The van der Waals surface area contributed by atoms with E-state index in [-0.39, 0.29) is 5.91 Å². The molecule has 4 heteroatoms. The molecule has 0 saturated carbocycles. The summed E-state index contributed by atoms with van der Waals surface area (Å²) < 4.78 is 5.41. The number of aryl methyl sites for hydroxylation is 2. The number of morpholine rings is 1. The van der Waals surface area contributed by atoms with Crippen LogP contribution in [0.2, 0.25) is 0 Å². The van der Waals surface area contributed by atoms with E-state index in [4.69, 9.17) is 4.74 Å². The second-order valence-corrected chi connectivity index (χ2v) is 5.95. The lowest BCUT2D eigenvalue weighted by Gasteiger charge is -2.30. The Morgan fingerprint density at radius 1 is 1.04 bits per heavy atom. The van der Waals surface area contributed by atoms with E-state index in [0.29, 0.717) is 5.56 Å². The first-order chi connectivity index (χ1) is 11.1. The molecule has 1 heterocycles. The number of hydrogen-bond donors (Lipinski definition) is 1. The summed E-state index contributed by atoms with van der Waals surface area (Å²) in [5.41, 5.74) is 4.78. The minimum Gasteiger partial charge on any atom is -0.378 e. The lowest BCUT2D eigenvalue weighted by atomic mass is 10.1. The number of para-hydroxylation sites is 2. The SMILES string of the molecule is Cc1cc(C)cc(C(=O)Nc2ccccc2N2CCOCC2)c1. The van der Waals surface area contributed by atoms with E-state index in [1.807, 2.05) is 50.2 Å². The first kappa shape index (κ1) is 15.6. The van der Waals surface area contributed by atoms with Crippen LogP contribution in [0.1, 0.15) is 21.5 Å². The molecule has 3 rings (SSSR count). The Morgan fingerprint density at radius 3 is 2.39 bits per heavy atom. The highest BCUT2D eigenvalue weighted by molar-refractivity contribution is 6.06. The van der Waals surface area contributed by atoms with E-state index in [1.54, 1.807) is 0 Å². The molecule has 1 N–H and O–H groups in total. The predicted octanol–water partition coefficient (Wildman–Crippen LogP) is 3.39. The maximum absolute atomic E-state index is 12.6. The standard InChI is InChI=1S/C19H22N2O2/c1-14-11-15(2)13-16(12-14)19(22)20-17-5-3-4-6-18(17)21-7-9-23-10-8-21/h3-6,11-13H,7-10H2,1-2H3,(H,20,22). The van der Waals surface area contributed by atoms with Crippen LogP contribution < -0.4 is 10.2 Å². The third-order valence-electron chi connectivity index (χ3n) is 3.99. The number of rotatable bonds is 3. The molecule has 1 fully saturated rings. The average Bonchev–Trinajstić information content (AvgIpc) is 2.55. The van der Waals surface area contributed by atoms with Crippen molar-refractivity contribution in [1.82, 2.24) is 0 Å². The van der Waals surface area contributed by atoms with Crippen molar-refractivity contribution in [3.05, 3.63) is 59.2 Å². The molecule has 1 aliphatic rings. The van der Waals surface area contributed by atoms with Crippen molar-refractivity contribution < 1.29 is 9.53 Å². The second-order valence-electron chi connectivity index (χ2n) is 5.95. The number of nitrogens with zero attached hydrogens (tertiary/aromatic N) is 1. The molecule has 23 heavy (non-hydrogen) atoms. The molecule has 0 aliphatic carbocycles. The lowest BCUT2D eigenvalue weighted by molar-refractivity contribution is 0.102. The highest BCUT2D eigenvalue weighted by Crippen LogP contribution is 2.27. The first-order valence-corrected chi connectivity index (χ1v) is 7.95. The van der Waals surface area contributed by atoms with Crippen LogP contribution in [0.5, 0.6) is 0 Å². The highest BCUT2D eigenvalue weighted by Gasteiger charge is 2.16. The number of hydrogen-bond acceptors (Lipinski definition) is 3. The maximum Gasteiger partial charge on any atom is 0.255 e. The molecule has 2 aromatic carbocycles. The van der Waals surface area contributed by atoms with Gasteiger partial charge >= 0.3 is 0 Å². The molecular formula is C19H22N2O2. The molecule has 0 radical (unpaired) electrons. The number of carbonyl (C=O) groups excluding carboxylic acids is 1. The Bertz CT molecular complexity index is 686. The summed E-state index contributed by atoms with van der Waals surface area (Å²) in [5.74, 6) is -0.0718. The van der Waals surface area contributed by atoms with Gasteiger partial charge in [-0.05, 0) is 38.1 Å². The number of nitrogens with one attached hydrogen (secondary N) is 1. The predicted molar refractivity (Wildman–Crippen MR) is 93.3 cm³/mol. The summed E-state index contributed by atoms with van der Waals surface area (Å²) in [4.78, 5) is 14.8. The Balaban J connectivity index is 1.83. The number of amides is 1. The zero-order valence-corrected chi connectivity index (χ0v) is 13.6. The maximum atomic E-state index is 12.6. The Morgan fingerprint density at radius 2 is 1.70 bits per heavy atom. The number of carbonyl (C=O) groups is 1. The van der Waals surface area contributed by atoms with Crippen molar-refractivity contribution in [3.63, 3.8) is 0 Å². The third kappa shape index (κ3) is 3.71. The van der Waals surface area contributed by atoms with Crippen molar-refractivity contribution >= 4 is 17.3 Å². The van der Waals surface area contributed by atoms with Crippen molar-refractivity contribution in [3.8, 4) is 0 Å². The van der Waals surface area contributed by atoms with E-state index in [9.17, 15) is 4.79 Å². The van der Waals surface area contributed by atoms with Crippen molar-refractivity contribution in [2.24, 2.45) is 0 Å². The fourth-order valence-electron chi connectivity index (χ4n) is 2.96. The van der Waals surface area contributed by atoms with Crippen LogP contribution >= 0.6 is 0 Å². The van der Waals surface area contributed by atoms with Crippen LogP contribution in [0, 0.1) is 13.8 Å². The van der Waals surface area contributed by atoms with Gasteiger partial charge in [-0.3, -0.25) is 4.79 Å². The largest absolute Gasteiger partial charge is 0.378 e. The molecule has 1 aliphatic heterocycles. The van der Waals surface area contributed by atoms with Gasteiger partial charge < -0.3 is 15.0 Å². The van der Waals surface area contributed by atoms with Crippen LogP contribution in [0.3, 0.4) is 0 Å². The average molecular weight is 310 g/mol. The molecule has 1 amide bonds. The smallest absolute Gasteiger partial charge is 0.255 e. The molecule has 0 atom stereocenters. The van der Waals surface area contributed by atoms with Gasteiger partial charge in [0, 0.05) is 18.7 Å². The minimum atomic E-state index is -0.0718. The fourth-order valence-corrected chi connectivity index (χ4v) is 2.96. The third-order valence-corrected chi connectivity index (χ3v) is 3.99. The van der Waals surface area contributed by atoms with Gasteiger partial charge in [0.25, 0.3) is 5.91 Å². The monoisotopic (exact) mass is 310 g/mol.